The van der Waals surface area contributed by atoms with Gasteiger partial charge in [-0.2, -0.15) is 0 Å². The minimum Gasteiger partial charge on any atom is -0.493 e. The minimum absolute atomic E-state index is 0.506. The molecular formula is C13H22N2O3. The molecule has 0 amide bonds. The number of pyridine rings is 1. The molecule has 102 valence electrons. The van der Waals surface area contributed by atoms with Gasteiger partial charge in [-0.3, -0.25) is 4.98 Å². The Balaban J connectivity index is 2.67. The van der Waals surface area contributed by atoms with E-state index in [2.05, 4.69) is 10.3 Å². The molecule has 0 aliphatic rings. The third kappa shape index (κ3) is 3.85. The number of hydrogen-bond acceptors (Lipinski definition) is 5. The minimum atomic E-state index is -0.702. The van der Waals surface area contributed by atoms with E-state index in [1.54, 1.807) is 33.4 Å². The summed E-state index contributed by atoms with van der Waals surface area (Å²) < 4.78 is 10.5. The van der Waals surface area contributed by atoms with Crippen LogP contribution in [0.25, 0.3) is 0 Å². The van der Waals surface area contributed by atoms with Crippen molar-refractivity contribution < 1.29 is 14.6 Å². The van der Waals surface area contributed by atoms with Crippen molar-refractivity contribution >= 4 is 0 Å². The molecule has 1 atom stereocenters. The standard InChI is InChI=1S/C13H22N2O3/c1-5-13(2,16)9-14-8-10-12(18-4)11(17-3)6-7-15-10/h6-7,14,16H,5,8-9H2,1-4H3. The van der Waals surface area contributed by atoms with Gasteiger partial charge in [0, 0.05) is 25.4 Å². The van der Waals surface area contributed by atoms with Gasteiger partial charge in [0.05, 0.1) is 25.5 Å². The van der Waals surface area contributed by atoms with Crippen molar-refractivity contribution in [2.75, 3.05) is 20.8 Å². The summed E-state index contributed by atoms with van der Waals surface area (Å²) in [6.07, 6.45) is 2.37. The quantitative estimate of drug-likeness (QED) is 0.769. The summed E-state index contributed by atoms with van der Waals surface area (Å²) in [6.45, 7) is 4.78. The lowest BCUT2D eigenvalue weighted by Crippen LogP contribution is -2.36. The summed E-state index contributed by atoms with van der Waals surface area (Å²) >= 11 is 0. The number of hydrogen-bond donors (Lipinski definition) is 2. The van der Waals surface area contributed by atoms with Gasteiger partial charge in [0.2, 0.25) is 0 Å². The van der Waals surface area contributed by atoms with Gasteiger partial charge in [-0.1, -0.05) is 6.92 Å². The number of aliphatic hydroxyl groups is 1. The van der Waals surface area contributed by atoms with Crippen molar-refractivity contribution in [1.29, 1.82) is 0 Å². The molecule has 0 aliphatic heterocycles. The van der Waals surface area contributed by atoms with Crippen LogP contribution < -0.4 is 14.8 Å². The number of nitrogens with zero attached hydrogens (tertiary/aromatic N) is 1. The molecule has 0 radical (unpaired) electrons. The zero-order valence-corrected chi connectivity index (χ0v) is 11.5. The number of aromatic nitrogens is 1. The van der Waals surface area contributed by atoms with Crippen molar-refractivity contribution in [2.24, 2.45) is 0 Å². The zero-order valence-electron chi connectivity index (χ0n) is 11.5. The number of ether oxygens (including phenoxy) is 2. The molecule has 0 spiro atoms. The first-order valence-corrected chi connectivity index (χ1v) is 6.03. The van der Waals surface area contributed by atoms with Crippen LogP contribution in [0.4, 0.5) is 0 Å². The Bertz CT molecular complexity index is 380. The van der Waals surface area contributed by atoms with E-state index in [1.807, 2.05) is 6.92 Å². The Labute approximate surface area is 108 Å². The maximum atomic E-state index is 9.89. The highest BCUT2D eigenvalue weighted by Gasteiger charge is 2.17. The second kappa shape index (κ2) is 6.56. The lowest BCUT2D eigenvalue weighted by molar-refractivity contribution is 0.0554. The summed E-state index contributed by atoms with van der Waals surface area (Å²) in [6, 6.07) is 1.75. The van der Waals surface area contributed by atoms with Gasteiger partial charge in [0.25, 0.3) is 0 Å². The lowest BCUT2D eigenvalue weighted by Gasteiger charge is -2.22. The summed E-state index contributed by atoms with van der Waals surface area (Å²) in [5, 5.41) is 13.1. The molecule has 2 N–H and O–H groups in total. The largest absolute Gasteiger partial charge is 0.493 e. The van der Waals surface area contributed by atoms with Crippen LogP contribution in [-0.2, 0) is 6.54 Å². The van der Waals surface area contributed by atoms with E-state index in [0.29, 0.717) is 31.0 Å². The first kappa shape index (κ1) is 14.7. The van der Waals surface area contributed by atoms with Gasteiger partial charge in [0.1, 0.15) is 0 Å². The highest BCUT2D eigenvalue weighted by molar-refractivity contribution is 5.42. The van der Waals surface area contributed by atoms with Gasteiger partial charge in [-0.15, -0.1) is 0 Å². The number of methoxy groups -OCH3 is 2. The summed E-state index contributed by atoms with van der Waals surface area (Å²) in [5.74, 6) is 1.29. The molecule has 0 fully saturated rings. The highest BCUT2D eigenvalue weighted by atomic mass is 16.5. The van der Waals surface area contributed by atoms with Crippen molar-refractivity contribution in [1.82, 2.24) is 10.3 Å². The molecule has 0 aliphatic carbocycles. The summed E-state index contributed by atoms with van der Waals surface area (Å²) in [5.41, 5.74) is 0.0651. The van der Waals surface area contributed by atoms with Crippen LogP contribution in [0.5, 0.6) is 11.5 Å². The molecule has 0 aromatic carbocycles. The van der Waals surface area contributed by atoms with Crippen LogP contribution >= 0.6 is 0 Å². The van der Waals surface area contributed by atoms with E-state index in [1.165, 1.54) is 0 Å². The predicted octanol–water partition coefficient (Wildman–Crippen LogP) is 1.35. The topological polar surface area (TPSA) is 63.6 Å². The Kier molecular flexibility index (Phi) is 5.37. The maximum absolute atomic E-state index is 9.89. The molecule has 0 saturated carbocycles. The summed E-state index contributed by atoms with van der Waals surface area (Å²) in [7, 11) is 3.18. The van der Waals surface area contributed by atoms with Gasteiger partial charge in [0.15, 0.2) is 11.5 Å². The second-order valence-electron chi connectivity index (χ2n) is 4.45. The smallest absolute Gasteiger partial charge is 0.183 e. The first-order valence-electron chi connectivity index (χ1n) is 6.03. The highest BCUT2D eigenvalue weighted by Crippen LogP contribution is 2.28. The molecule has 1 rings (SSSR count). The third-order valence-corrected chi connectivity index (χ3v) is 2.93. The van der Waals surface area contributed by atoms with Crippen LogP contribution in [0.15, 0.2) is 12.3 Å². The third-order valence-electron chi connectivity index (χ3n) is 2.93. The molecule has 5 nitrogen and oxygen atoms in total. The molecule has 1 unspecified atom stereocenters. The fourth-order valence-corrected chi connectivity index (χ4v) is 1.55. The van der Waals surface area contributed by atoms with Crippen LogP contribution in [0.1, 0.15) is 26.0 Å². The van der Waals surface area contributed by atoms with Crippen LogP contribution in [-0.4, -0.2) is 36.5 Å². The Morgan fingerprint density at radius 3 is 2.67 bits per heavy atom. The molecule has 18 heavy (non-hydrogen) atoms. The Morgan fingerprint density at radius 2 is 2.11 bits per heavy atom. The van der Waals surface area contributed by atoms with E-state index in [4.69, 9.17) is 9.47 Å². The van der Waals surface area contributed by atoms with Gasteiger partial charge in [-0.25, -0.2) is 0 Å². The van der Waals surface area contributed by atoms with Gasteiger partial charge < -0.3 is 19.9 Å². The summed E-state index contributed by atoms with van der Waals surface area (Å²) in [4.78, 5) is 4.25. The van der Waals surface area contributed by atoms with E-state index >= 15 is 0 Å². The SMILES string of the molecule is CCC(C)(O)CNCc1nccc(OC)c1OC. The first-order chi connectivity index (χ1) is 8.54. The van der Waals surface area contributed by atoms with Crippen molar-refractivity contribution in [2.45, 2.75) is 32.4 Å². The molecule has 1 aromatic heterocycles. The monoisotopic (exact) mass is 254 g/mol. The maximum Gasteiger partial charge on any atom is 0.183 e. The second-order valence-corrected chi connectivity index (χ2v) is 4.45. The van der Waals surface area contributed by atoms with Crippen LogP contribution in [0.2, 0.25) is 0 Å². The fourth-order valence-electron chi connectivity index (χ4n) is 1.55. The molecule has 1 heterocycles. The van der Waals surface area contributed by atoms with Crippen molar-refractivity contribution in [3.05, 3.63) is 18.0 Å². The van der Waals surface area contributed by atoms with Crippen LogP contribution in [0, 0.1) is 0 Å². The Morgan fingerprint density at radius 1 is 1.39 bits per heavy atom. The van der Waals surface area contributed by atoms with Crippen LogP contribution in [0.3, 0.4) is 0 Å². The van der Waals surface area contributed by atoms with Gasteiger partial charge >= 0.3 is 0 Å². The Hall–Kier alpha value is -1.33. The normalized spacial score (nSPS) is 14.1. The van der Waals surface area contributed by atoms with Crippen molar-refractivity contribution in [3.63, 3.8) is 0 Å². The lowest BCUT2D eigenvalue weighted by atomic mass is 10.0. The van der Waals surface area contributed by atoms with E-state index in [9.17, 15) is 5.11 Å². The molecule has 5 heteroatoms. The molecule has 1 aromatic rings. The van der Waals surface area contributed by atoms with Crippen molar-refractivity contribution in [3.8, 4) is 11.5 Å². The average molecular weight is 254 g/mol. The van der Waals surface area contributed by atoms with E-state index in [-0.39, 0.29) is 0 Å². The van der Waals surface area contributed by atoms with E-state index in [0.717, 1.165) is 5.69 Å². The molecular weight excluding hydrogens is 232 g/mol. The van der Waals surface area contributed by atoms with Gasteiger partial charge in [-0.05, 0) is 13.3 Å². The predicted molar refractivity (Wildman–Crippen MR) is 70.0 cm³/mol. The average Bonchev–Trinajstić information content (AvgIpc) is 2.38. The fraction of sp³-hybridized carbons (Fsp3) is 0.615. The molecule has 0 saturated heterocycles. The molecule has 0 bridgehead atoms. The zero-order chi connectivity index (χ0) is 13.6. The number of rotatable bonds is 7. The van der Waals surface area contributed by atoms with E-state index < -0.39 is 5.60 Å². The number of nitrogens with one attached hydrogen (secondary N) is 1.